The van der Waals surface area contributed by atoms with Crippen LogP contribution in [0.15, 0.2) is 28.8 Å². The molecular weight excluding hydrogens is 575 g/mol. The van der Waals surface area contributed by atoms with E-state index < -0.39 is 66.0 Å². The third kappa shape index (κ3) is 8.26. The van der Waals surface area contributed by atoms with Crippen molar-refractivity contribution in [1.82, 2.24) is 31.3 Å². The van der Waals surface area contributed by atoms with E-state index in [2.05, 4.69) is 26.4 Å². The number of aliphatic hydroxyl groups is 1. The fourth-order valence-electron chi connectivity index (χ4n) is 4.17. The first-order valence-corrected chi connectivity index (χ1v) is 13.7. The van der Waals surface area contributed by atoms with Gasteiger partial charge in [0.25, 0.3) is 5.91 Å². The van der Waals surface area contributed by atoms with Crippen molar-refractivity contribution in [2.24, 2.45) is 5.92 Å². The number of nitrogens with zero attached hydrogens (tertiary/aromatic N) is 2. The van der Waals surface area contributed by atoms with Gasteiger partial charge in [-0.05, 0) is 31.9 Å². The number of rotatable bonds is 4. The number of amides is 5. The third-order valence-corrected chi connectivity index (χ3v) is 6.97. The van der Waals surface area contributed by atoms with Crippen molar-refractivity contribution in [3.05, 3.63) is 52.1 Å². The van der Waals surface area contributed by atoms with E-state index in [0.717, 1.165) is 0 Å². The second-order valence-electron chi connectivity index (χ2n) is 10.3. The minimum Gasteiger partial charge on any atom is -0.391 e. The molecular formula is C27H34ClFN6O7. The Morgan fingerprint density at radius 1 is 1.12 bits per heavy atom. The molecule has 0 radical (unpaired) electrons. The lowest BCUT2D eigenvalue weighted by molar-refractivity contribution is -0.134. The highest BCUT2D eigenvalue weighted by Crippen LogP contribution is 2.21. The summed E-state index contributed by atoms with van der Waals surface area (Å²) in [5.74, 6) is -4.38. The topological polar surface area (TPSA) is 183 Å². The predicted octanol–water partition coefficient (Wildman–Crippen LogP) is 0.293. The Kier molecular flexibility index (Phi) is 11.0. The van der Waals surface area contributed by atoms with Crippen LogP contribution in [0.3, 0.4) is 0 Å². The number of aliphatic hydroxyl groups excluding tert-OH is 1. The molecule has 2 bridgehead atoms. The number of nitrogens with one attached hydrogen (secondary N) is 4. The first-order chi connectivity index (χ1) is 19.8. The Morgan fingerprint density at radius 2 is 1.83 bits per heavy atom. The maximum absolute atomic E-state index is 14.4. The number of carbonyl (C=O) groups is 5. The van der Waals surface area contributed by atoms with E-state index in [9.17, 15) is 33.5 Å². The van der Waals surface area contributed by atoms with Crippen LogP contribution in [-0.4, -0.2) is 82.0 Å². The molecule has 42 heavy (non-hydrogen) atoms. The molecule has 15 heteroatoms. The second kappa shape index (κ2) is 14.2. The number of hydrogen-bond acceptors (Lipinski definition) is 8. The number of aromatic nitrogens is 1. The smallest absolute Gasteiger partial charge is 0.274 e. The van der Waals surface area contributed by atoms with Gasteiger partial charge in [-0.1, -0.05) is 36.7 Å². The van der Waals surface area contributed by atoms with Gasteiger partial charge in [-0.3, -0.25) is 24.0 Å². The first-order valence-electron chi connectivity index (χ1n) is 13.3. The fraction of sp³-hybridized carbons (Fsp3) is 0.481. The summed E-state index contributed by atoms with van der Waals surface area (Å²) in [6.45, 7) is 5.80. The maximum atomic E-state index is 14.4. The van der Waals surface area contributed by atoms with Gasteiger partial charge in [-0.15, -0.1) is 0 Å². The summed E-state index contributed by atoms with van der Waals surface area (Å²) in [5, 5.41) is 24.0. The molecule has 1 aliphatic heterocycles. The Balaban J connectivity index is 1.93. The van der Waals surface area contributed by atoms with Crippen LogP contribution in [0.25, 0.3) is 0 Å². The van der Waals surface area contributed by atoms with Crippen molar-refractivity contribution >= 4 is 41.1 Å². The summed E-state index contributed by atoms with van der Waals surface area (Å²) in [5.41, 5.74) is -0.252. The molecule has 0 saturated carbocycles. The molecule has 0 saturated heterocycles. The van der Waals surface area contributed by atoms with E-state index in [1.165, 1.54) is 43.0 Å². The van der Waals surface area contributed by atoms with Crippen molar-refractivity contribution < 1.29 is 38.0 Å². The van der Waals surface area contributed by atoms with E-state index in [1.54, 1.807) is 13.8 Å². The van der Waals surface area contributed by atoms with Crippen LogP contribution in [-0.2, 0) is 32.1 Å². The fourth-order valence-corrected chi connectivity index (χ4v) is 4.39. The summed E-state index contributed by atoms with van der Waals surface area (Å²) in [4.78, 5) is 66.1. The van der Waals surface area contributed by atoms with Crippen LogP contribution >= 0.6 is 11.6 Å². The number of halogens is 2. The lowest BCUT2D eigenvalue weighted by Crippen LogP contribution is -2.58. The van der Waals surface area contributed by atoms with Crippen molar-refractivity contribution in [3.63, 3.8) is 0 Å². The monoisotopic (exact) mass is 608 g/mol. The second-order valence-corrected chi connectivity index (χ2v) is 10.7. The number of benzene rings is 1. The van der Waals surface area contributed by atoms with Crippen LogP contribution < -0.4 is 21.3 Å². The SMILES string of the molecule is CC(C)[C@@H]1NC(=O)[C@H](C)NC(=O)[C@H]([C@@H](C)O)NC(=O)c2cc(on2)CN(C(=O)Cc2c(F)cccc2Cl)CCNC1=O. The average Bonchev–Trinajstić information content (AvgIpc) is 3.39. The van der Waals surface area contributed by atoms with E-state index >= 15 is 0 Å². The molecule has 1 aromatic carbocycles. The van der Waals surface area contributed by atoms with Crippen LogP contribution in [0.2, 0.25) is 5.02 Å². The Labute approximate surface area is 246 Å². The quantitative estimate of drug-likeness (QED) is 0.328. The molecule has 5 N–H and O–H groups in total. The van der Waals surface area contributed by atoms with E-state index in [1.807, 2.05) is 0 Å². The lowest BCUT2D eigenvalue weighted by Gasteiger charge is -2.26. The first kappa shape index (κ1) is 32.5. The molecule has 1 aromatic heterocycles. The zero-order valence-electron chi connectivity index (χ0n) is 23.6. The molecule has 5 amide bonds. The highest BCUT2D eigenvalue weighted by molar-refractivity contribution is 6.31. The largest absolute Gasteiger partial charge is 0.391 e. The normalized spacial score (nSPS) is 21.9. The molecule has 2 heterocycles. The molecule has 13 nitrogen and oxygen atoms in total. The standard InChI is InChI=1S/C27H34ClFN6O7/c1-13(2)22-26(40)30-8-9-35(21(37)11-17-18(28)6-5-7-19(17)29)12-16-10-20(34-42-16)25(39)33-23(15(4)36)27(41)31-14(3)24(38)32-22/h5-7,10,13-15,22-23,36H,8-9,11-12H2,1-4H3,(H,30,40)(H,31,41)(H,32,38)(H,33,39)/t14-,15+,22-,23-/m0/s1. The summed E-state index contributed by atoms with van der Waals surface area (Å²) < 4.78 is 19.6. The van der Waals surface area contributed by atoms with E-state index in [0.29, 0.717) is 0 Å². The summed E-state index contributed by atoms with van der Waals surface area (Å²) in [7, 11) is 0. The molecule has 228 valence electrons. The third-order valence-electron chi connectivity index (χ3n) is 6.61. The zero-order valence-corrected chi connectivity index (χ0v) is 24.3. The molecule has 0 aliphatic carbocycles. The highest BCUT2D eigenvalue weighted by Gasteiger charge is 2.32. The number of hydrogen-bond donors (Lipinski definition) is 5. The van der Waals surface area contributed by atoms with Crippen LogP contribution in [0.5, 0.6) is 0 Å². The van der Waals surface area contributed by atoms with Crippen molar-refractivity contribution in [3.8, 4) is 0 Å². The maximum Gasteiger partial charge on any atom is 0.274 e. The van der Waals surface area contributed by atoms with Gasteiger partial charge in [0.05, 0.1) is 19.1 Å². The summed E-state index contributed by atoms with van der Waals surface area (Å²) in [6.07, 6.45) is -1.75. The van der Waals surface area contributed by atoms with Gasteiger partial charge in [0.1, 0.15) is 23.9 Å². The van der Waals surface area contributed by atoms with Gasteiger partial charge < -0.3 is 35.8 Å². The highest BCUT2D eigenvalue weighted by atomic mass is 35.5. The minimum absolute atomic E-state index is 0.00978. The van der Waals surface area contributed by atoms with Gasteiger partial charge in [0, 0.05) is 29.7 Å². The minimum atomic E-state index is -1.46. The molecule has 4 atom stereocenters. The molecule has 0 unspecified atom stereocenters. The molecule has 3 rings (SSSR count). The van der Waals surface area contributed by atoms with Gasteiger partial charge in [-0.25, -0.2) is 4.39 Å². The van der Waals surface area contributed by atoms with Gasteiger partial charge in [0.2, 0.25) is 23.6 Å². The number of fused-ring (bicyclic) bond motifs is 2. The van der Waals surface area contributed by atoms with Crippen molar-refractivity contribution in [1.29, 1.82) is 0 Å². The molecule has 0 fully saturated rings. The molecule has 2 aromatic rings. The Bertz CT molecular complexity index is 1310. The molecule has 1 aliphatic rings. The lowest BCUT2D eigenvalue weighted by atomic mass is 10.0. The van der Waals surface area contributed by atoms with Crippen molar-refractivity contribution in [2.45, 2.75) is 64.9 Å². The van der Waals surface area contributed by atoms with Crippen LogP contribution in [0.1, 0.15) is 49.5 Å². The van der Waals surface area contributed by atoms with Crippen LogP contribution in [0, 0.1) is 11.7 Å². The van der Waals surface area contributed by atoms with E-state index in [-0.39, 0.29) is 47.6 Å². The van der Waals surface area contributed by atoms with Crippen molar-refractivity contribution in [2.75, 3.05) is 13.1 Å². The Hall–Kier alpha value is -4.04. The summed E-state index contributed by atoms with van der Waals surface area (Å²) >= 11 is 6.11. The zero-order chi connectivity index (χ0) is 31.1. The average molecular weight is 609 g/mol. The summed E-state index contributed by atoms with van der Waals surface area (Å²) in [6, 6.07) is 1.72. The Morgan fingerprint density at radius 3 is 2.48 bits per heavy atom. The van der Waals surface area contributed by atoms with Gasteiger partial charge in [-0.2, -0.15) is 0 Å². The van der Waals surface area contributed by atoms with Gasteiger partial charge >= 0.3 is 0 Å². The number of carbonyl (C=O) groups excluding carboxylic acids is 5. The molecule has 0 spiro atoms. The van der Waals surface area contributed by atoms with E-state index in [4.69, 9.17) is 16.1 Å². The predicted molar refractivity (Wildman–Crippen MR) is 147 cm³/mol. The van der Waals surface area contributed by atoms with Gasteiger partial charge in [0.15, 0.2) is 11.5 Å². The van der Waals surface area contributed by atoms with Crippen LogP contribution in [0.4, 0.5) is 4.39 Å².